The van der Waals surface area contributed by atoms with Gasteiger partial charge in [-0.05, 0) is 6.07 Å². The van der Waals surface area contributed by atoms with Crippen molar-refractivity contribution in [1.29, 1.82) is 0 Å². The molecule has 3 heterocycles. The van der Waals surface area contributed by atoms with Gasteiger partial charge in [0.05, 0.1) is 44.0 Å². The van der Waals surface area contributed by atoms with Gasteiger partial charge in [-0.1, -0.05) is 0 Å². The van der Waals surface area contributed by atoms with Crippen molar-refractivity contribution in [3.05, 3.63) is 36.3 Å². The first kappa shape index (κ1) is 15.2. The van der Waals surface area contributed by atoms with Crippen LogP contribution in [0.15, 0.2) is 30.7 Å². The molecule has 1 aliphatic heterocycles. The van der Waals surface area contributed by atoms with E-state index in [0.29, 0.717) is 36.3 Å². The van der Waals surface area contributed by atoms with E-state index in [9.17, 15) is 4.79 Å². The van der Waals surface area contributed by atoms with Crippen molar-refractivity contribution >= 4 is 17.5 Å². The van der Waals surface area contributed by atoms with Gasteiger partial charge in [0.1, 0.15) is 0 Å². The van der Waals surface area contributed by atoms with Crippen molar-refractivity contribution in [3.63, 3.8) is 0 Å². The fourth-order valence-corrected chi connectivity index (χ4v) is 2.15. The van der Waals surface area contributed by atoms with Gasteiger partial charge in [-0.25, -0.2) is 15.0 Å². The van der Waals surface area contributed by atoms with Crippen molar-refractivity contribution in [2.45, 2.75) is 0 Å². The second-order valence-electron chi connectivity index (χ2n) is 4.91. The molecule has 1 N–H and O–H groups in total. The minimum atomic E-state index is -0.275. The monoisotopic (exact) mass is 315 g/mol. The summed E-state index contributed by atoms with van der Waals surface area (Å²) in [7, 11) is 1.52. The molecule has 0 atom stereocenters. The zero-order valence-corrected chi connectivity index (χ0v) is 12.7. The van der Waals surface area contributed by atoms with E-state index in [-0.39, 0.29) is 5.91 Å². The quantitative estimate of drug-likeness (QED) is 0.899. The van der Waals surface area contributed by atoms with Crippen molar-refractivity contribution in [2.24, 2.45) is 0 Å². The number of anilines is 2. The number of hydrogen-bond acceptors (Lipinski definition) is 7. The molecule has 1 saturated heterocycles. The molecule has 8 heteroatoms. The highest BCUT2D eigenvalue weighted by molar-refractivity contribution is 6.03. The third-order valence-corrected chi connectivity index (χ3v) is 3.40. The van der Waals surface area contributed by atoms with E-state index in [1.807, 2.05) is 4.90 Å². The molecule has 2 aromatic heterocycles. The lowest BCUT2D eigenvalue weighted by molar-refractivity contribution is 0.102. The van der Waals surface area contributed by atoms with Gasteiger partial charge in [-0.15, -0.1) is 0 Å². The number of rotatable bonds is 4. The molecule has 1 amide bonds. The summed E-state index contributed by atoms with van der Waals surface area (Å²) in [5.41, 5.74) is 0.964. The third kappa shape index (κ3) is 3.72. The van der Waals surface area contributed by atoms with Crippen LogP contribution < -0.4 is 15.0 Å². The molecule has 1 fully saturated rings. The smallest absolute Gasteiger partial charge is 0.257 e. The number of carbonyl (C=O) groups excluding carboxylic acids is 1. The Morgan fingerprint density at radius 1 is 1.17 bits per heavy atom. The zero-order chi connectivity index (χ0) is 16.1. The second-order valence-corrected chi connectivity index (χ2v) is 4.91. The predicted octanol–water partition coefficient (Wildman–Crippen LogP) is 0.969. The van der Waals surface area contributed by atoms with Crippen LogP contribution in [0.1, 0.15) is 10.4 Å². The molecule has 0 bridgehead atoms. The van der Waals surface area contributed by atoms with Crippen molar-refractivity contribution < 1.29 is 14.3 Å². The van der Waals surface area contributed by atoms with Crippen molar-refractivity contribution in [3.8, 4) is 5.88 Å². The van der Waals surface area contributed by atoms with Crippen molar-refractivity contribution in [2.75, 3.05) is 43.6 Å². The molecule has 1 aliphatic rings. The van der Waals surface area contributed by atoms with Crippen molar-refractivity contribution in [1.82, 2.24) is 15.0 Å². The number of nitrogens with one attached hydrogen (secondary N) is 1. The highest BCUT2D eigenvalue weighted by Gasteiger charge is 2.14. The van der Waals surface area contributed by atoms with Crippen LogP contribution in [0.25, 0.3) is 0 Å². The van der Waals surface area contributed by atoms with Gasteiger partial charge in [0.15, 0.2) is 0 Å². The number of pyridine rings is 1. The largest absolute Gasteiger partial charge is 0.481 e. The predicted molar refractivity (Wildman–Crippen MR) is 83.8 cm³/mol. The summed E-state index contributed by atoms with van der Waals surface area (Å²) in [6.45, 7) is 2.88. The van der Waals surface area contributed by atoms with Gasteiger partial charge < -0.3 is 19.7 Å². The van der Waals surface area contributed by atoms with Crippen LogP contribution in [0.4, 0.5) is 11.6 Å². The lowest BCUT2D eigenvalue weighted by Gasteiger charge is -2.26. The van der Waals surface area contributed by atoms with E-state index >= 15 is 0 Å². The Labute approximate surface area is 133 Å². The van der Waals surface area contributed by atoms with Crippen LogP contribution in [0.5, 0.6) is 5.88 Å². The van der Waals surface area contributed by atoms with Gasteiger partial charge >= 0.3 is 0 Å². The van der Waals surface area contributed by atoms with Crippen LogP contribution in [-0.2, 0) is 4.74 Å². The zero-order valence-electron chi connectivity index (χ0n) is 12.7. The van der Waals surface area contributed by atoms with Gasteiger partial charge in [-0.2, -0.15) is 0 Å². The molecule has 8 nitrogen and oxygen atoms in total. The molecular weight excluding hydrogens is 298 g/mol. The van der Waals surface area contributed by atoms with E-state index in [4.69, 9.17) is 9.47 Å². The van der Waals surface area contributed by atoms with E-state index < -0.39 is 0 Å². The summed E-state index contributed by atoms with van der Waals surface area (Å²) in [6, 6.07) is 3.27. The summed E-state index contributed by atoms with van der Waals surface area (Å²) in [4.78, 5) is 26.7. The first-order valence-electron chi connectivity index (χ1n) is 7.22. The van der Waals surface area contributed by atoms with Gasteiger partial charge in [0.2, 0.25) is 11.8 Å². The Hall–Kier alpha value is -2.74. The highest BCUT2D eigenvalue weighted by Crippen LogP contribution is 2.13. The Morgan fingerprint density at radius 2 is 1.91 bits per heavy atom. The molecule has 2 aromatic rings. The molecule has 0 aromatic carbocycles. The summed E-state index contributed by atoms with van der Waals surface area (Å²) in [5, 5.41) is 2.74. The molecule has 0 radical (unpaired) electrons. The number of nitrogens with zero attached hydrogens (tertiary/aromatic N) is 4. The third-order valence-electron chi connectivity index (χ3n) is 3.40. The Morgan fingerprint density at radius 3 is 2.52 bits per heavy atom. The minimum Gasteiger partial charge on any atom is -0.481 e. The Bertz CT molecular complexity index is 654. The molecule has 0 aliphatic carbocycles. The standard InChI is InChI=1S/C15H17N5O3/c1-22-13-3-2-11(8-16-13)14(21)19-12-9-17-15(18-10-12)20-4-6-23-7-5-20/h2-3,8-10H,4-7H2,1H3,(H,19,21). The molecule has 0 unspecified atom stereocenters. The molecule has 0 saturated carbocycles. The van der Waals surface area contributed by atoms with E-state index in [2.05, 4.69) is 20.3 Å². The summed E-state index contributed by atoms with van der Waals surface area (Å²) < 4.78 is 10.3. The van der Waals surface area contributed by atoms with Gasteiger partial charge in [0, 0.05) is 25.4 Å². The number of morpholine rings is 1. The summed E-state index contributed by atoms with van der Waals surface area (Å²) in [6.07, 6.45) is 4.64. The first-order chi connectivity index (χ1) is 11.3. The number of amides is 1. The number of aromatic nitrogens is 3. The topological polar surface area (TPSA) is 89.5 Å². The van der Waals surface area contributed by atoms with E-state index in [1.54, 1.807) is 24.5 Å². The number of hydrogen-bond donors (Lipinski definition) is 1. The maximum absolute atomic E-state index is 12.1. The van der Waals surface area contributed by atoms with Crippen LogP contribution >= 0.6 is 0 Å². The number of carbonyl (C=O) groups is 1. The minimum absolute atomic E-state index is 0.275. The summed E-state index contributed by atoms with van der Waals surface area (Å²) in [5.74, 6) is 0.819. The van der Waals surface area contributed by atoms with Gasteiger partial charge in [0.25, 0.3) is 5.91 Å². The fourth-order valence-electron chi connectivity index (χ4n) is 2.15. The molecule has 120 valence electrons. The first-order valence-corrected chi connectivity index (χ1v) is 7.22. The lowest BCUT2D eigenvalue weighted by Crippen LogP contribution is -2.37. The Kier molecular flexibility index (Phi) is 4.62. The maximum Gasteiger partial charge on any atom is 0.257 e. The average Bonchev–Trinajstić information content (AvgIpc) is 2.63. The van der Waals surface area contributed by atoms with Crippen LogP contribution in [0, 0.1) is 0 Å². The van der Waals surface area contributed by atoms with E-state index in [0.717, 1.165) is 13.1 Å². The molecule has 23 heavy (non-hydrogen) atoms. The number of ether oxygens (including phenoxy) is 2. The molecule has 3 rings (SSSR count). The second kappa shape index (κ2) is 7.01. The van der Waals surface area contributed by atoms with Crippen LogP contribution in [0.3, 0.4) is 0 Å². The normalized spacial score (nSPS) is 14.4. The SMILES string of the molecule is COc1ccc(C(=O)Nc2cnc(N3CCOCC3)nc2)cn1. The van der Waals surface area contributed by atoms with E-state index in [1.165, 1.54) is 13.3 Å². The average molecular weight is 315 g/mol. The Balaban J connectivity index is 1.63. The fraction of sp³-hybridized carbons (Fsp3) is 0.333. The maximum atomic E-state index is 12.1. The molecule has 0 spiro atoms. The van der Waals surface area contributed by atoms with Gasteiger partial charge in [-0.3, -0.25) is 4.79 Å². The van der Waals surface area contributed by atoms with Crippen LogP contribution in [-0.4, -0.2) is 54.3 Å². The van der Waals surface area contributed by atoms with Crippen LogP contribution in [0.2, 0.25) is 0 Å². The number of methoxy groups -OCH3 is 1. The lowest BCUT2D eigenvalue weighted by atomic mass is 10.2. The molecular formula is C15H17N5O3. The highest BCUT2D eigenvalue weighted by atomic mass is 16.5. The summed E-state index contributed by atoms with van der Waals surface area (Å²) >= 11 is 0.